The number of aliphatic hydroxyl groups excluding tert-OH is 1. The molecule has 0 radical (unpaired) electrons. The number of urea groups is 4. The van der Waals surface area contributed by atoms with Crippen molar-refractivity contribution in [2.75, 3.05) is 134 Å². The molecule has 9 heterocycles. The number of amides is 12. The van der Waals surface area contributed by atoms with Crippen molar-refractivity contribution in [2.24, 2.45) is 7.05 Å². The van der Waals surface area contributed by atoms with Gasteiger partial charge in [-0.2, -0.15) is 0 Å². The number of benzene rings is 4. The number of nitrogens with one attached hydrogen (secondary N) is 16. The van der Waals surface area contributed by atoms with Crippen LogP contribution in [-0.2, 0) is 11.8 Å². The Labute approximate surface area is 736 Å². The lowest BCUT2D eigenvalue weighted by molar-refractivity contribution is 0.0600. The SMILES string of the molecule is CCNC(=O)Nc1cc(Nc2cccc(C(=O)OC)c2)c(C(=O)Nc2cccnc2)cn1.CCNC(=O)Nc1cc(Nc2ccccc2)c(C(=O)Nc2ccc(=O)n(C)c2)cn1.CCNC(=O)Nc1cc(Nc2ccccc2)c(C(=O)Nc2ccc(N(C)C)nc2)cn1.CCNC(=O)Nc1cc(Nc2ccccc2)c(C(=O)Nc2ccc(N3CCC(O)CC3)nc2)cn1. The Morgan fingerprint density at radius 1 is 0.398 bits per heavy atom. The van der Waals surface area contributed by atoms with E-state index in [1.165, 1.54) is 67.1 Å². The molecule has 17 N–H and O–H groups in total. The van der Waals surface area contributed by atoms with Gasteiger partial charge < -0.3 is 88.0 Å². The highest BCUT2D eigenvalue weighted by Crippen LogP contribution is 2.31. The molecule has 0 aliphatic carbocycles. The lowest BCUT2D eigenvalue weighted by Crippen LogP contribution is -2.36. The average Bonchev–Trinajstić information content (AvgIpc) is 0.784. The van der Waals surface area contributed by atoms with E-state index in [2.05, 4.69) is 125 Å². The molecule has 1 saturated heterocycles. The highest BCUT2D eigenvalue weighted by atomic mass is 16.5. The normalized spacial score (nSPS) is 11.1. The van der Waals surface area contributed by atoms with Gasteiger partial charge in [-0.3, -0.25) is 50.2 Å². The standard InChI is InChI=1S/C25H29N7O3.C22H25N7O2.C22H22N6O4.C21H22N6O3/c1-2-26-25(35)31-22-14-21(29-17-6-4-3-5-7-17)20(16-27-22)24(34)30-18-8-9-23(28-15-18)32-12-10-19(33)11-13-32;1-4-23-22(31)28-19-12-18(26-15-8-6-5-7-9-15)17(14-24-19)21(30)27-16-10-11-20(25-13-16)29(2)3;1-3-24-22(31)28-19-11-18(26-15-7-4-6-14(10-15)21(30)32-2)17(13-25-19)20(29)27-16-8-5-9-23-12-16;1-3-22-21(30)26-18-11-17(24-14-7-5-4-6-8-14)16(12-23-18)20(29)25-15-9-10-19(28)27(2)13-15/h3-9,14-16,19,33H,2,10-13H2,1H3,(H,30,34)(H3,26,27,29,31,35);5-14H,4H2,1-3H3,(H,27,30)(H3,23,24,26,28,31);4-13H,3H2,1-2H3,(H,27,29)(H3,24,25,26,28,31);4-13H,3H2,1-2H3,(H,25,29)(H3,22,23,24,26,30). The van der Waals surface area contributed by atoms with E-state index in [0.29, 0.717) is 106 Å². The van der Waals surface area contributed by atoms with Crippen LogP contribution in [-0.4, -0.2) is 165 Å². The van der Waals surface area contributed by atoms with Gasteiger partial charge in [0.2, 0.25) is 5.56 Å². The van der Waals surface area contributed by atoms with Crippen LogP contribution in [0.1, 0.15) is 92.3 Å². The molecule has 0 saturated carbocycles. The number of aryl methyl sites for hydroxylation is 1. The van der Waals surface area contributed by atoms with Gasteiger partial charge in [0.15, 0.2) is 0 Å². The van der Waals surface area contributed by atoms with Crippen LogP contribution in [0.4, 0.5) is 122 Å². The number of nitrogens with zero attached hydrogens (tertiary/aromatic N) is 10. The monoisotopic (exact) mass is 1730 g/mol. The Balaban J connectivity index is 0.000000178. The zero-order valence-corrected chi connectivity index (χ0v) is 71.2. The second-order valence-electron chi connectivity index (χ2n) is 27.9. The van der Waals surface area contributed by atoms with Crippen LogP contribution in [0, 0.1) is 0 Å². The molecule has 38 nitrogen and oxygen atoms in total. The summed E-state index contributed by atoms with van der Waals surface area (Å²) in [5.74, 6) is 0.698. The van der Waals surface area contributed by atoms with Gasteiger partial charge in [0.05, 0.1) is 105 Å². The molecular formula is C90H98N26O12. The fourth-order valence-electron chi connectivity index (χ4n) is 11.9. The molecular weight excluding hydrogens is 1640 g/mol. The van der Waals surface area contributed by atoms with Crippen molar-refractivity contribution in [1.82, 2.24) is 60.7 Å². The first-order valence-corrected chi connectivity index (χ1v) is 40.4. The summed E-state index contributed by atoms with van der Waals surface area (Å²) in [4.78, 5) is 156. The zero-order valence-electron chi connectivity index (χ0n) is 71.2. The predicted molar refractivity (Wildman–Crippen MR) is 496 cm³/mol. The van der Waals surface area contributed by atoms with Crippen molar-refractivity contribution in [3.8, 4) is 0 Å². The molecule has 12 amide bonds. The maximum Gasteiger partial charge on any atom is 0.337 e. The van der Waals surface area contributed by atoms with Crippen LogP contribution in [0.25, 0.3) is 0 Å². The van der Waals surface area contributed by atoms with Gasteiger partial charge in [0.1, 0.15) is 34.9 Å². The van der Waals surface area contributed by atoms with E-state index in [1.807, 2.05) is 143 Å². The Bertz CT molecular complexity index is 5840. The number of para-hydroxylation sites is 3. The molecule has 128 heavy (non-hydrogen) atoms. The van der Waals surface area contributed by atoms with Gasteiger partial charge >= 0.3 is 30.1 Å². The Hall–Kier alpha value is -16.9. The summed E-state index contributed by atoms with van der Waals surface area (Å²) in [5, 5.41) is 54.7. The van der Waals surface area contributed by atoms with Gasteiger partial charge in [-0.15, -0.1) is 0 Å². The third kappa shape index (κ3) is 28.9. The summed E-state index contributed by atoms with van der Waals surface area (Å²) in [7, 11) is 6.68. The van der Waals surface area contributed by atoms with Crippen LogP contribution >= 0.6 is 0 Å². The van der Waals surface area contributed by atoms with Crippen molar-refractivity contribution in [1.29, 1.82) is 0 Å². The number of anilines is 18. The van der Waals surface area contributed by atoms with E-state index in [0.717, 1.165) is 54.6 Å². The van der Waals surface area contributed by atoms with Crippen molar-refractivity contribution in [2.45, 2.75) is 46.6 Å². The molecule has 0 bridgehead atoms. The zero-order chi connectivity index (χ0) is 91.3. The van der Waals surface area contributed by atoms with Crippen molar-refractivity contribution in [3.05, 3.63) is 282 Å². The molecule has 0 spiro atoms. The number of rotatable bonds is 27. The van der Waals surface area contributed by atoms with Gasteiger partial charge in [-0.1, -0.05) is 60.7 Å². The Morgan fingerprint density at radius 2 is 0.766 bits per heavy atom. The number of aliphatic hydroxyl groups is 1. The minimum Gasteiger partial charge on any atom is -0.465 e. The quantitative estimate of drug-likeness (QED) is 0.0213. The largest absolute Gasteiger partial charge is 0.465 e. The molecule has 4 aromatic carbocycles. The van der Waals surface area contributed by atoms with E-state index in [9.17, 15) is 53.1 Å². The molecule has 8 aromatic heterocycles. The predicted octanol–water partition coefficient (Wildman–Crippen LogP) is 13.6. The van der Waals surface area contributed by atoms with Gasteiger partial charge in [-0.25, -0.2) is 53.9 Å². The number of aromatic nitrogens is 8. The van der Waals surface area contributed by atoms with Crippen LogP contribution < -0.4 is 100 Å². The van der Waals surface area contributed by atoms with E-state index in [4.69, 9.17) is 4.74 Å². The van der Waals surface area contributed by atoms with Gasteiger partial charge in [0, 0.05) is 151 Å². The third-order valence-corrected chi connectivity index (χ3v) is 18.2. The summed E-state index contributed by atoms with van der Waals surface area (Å²) in [5.41, 5.74) is 8.10. The van der Waals surface area contributed by atoms with E-state index < -0.39 is 29.8 Å². The molecule has 13 rings (SSSR count). The van der Waals surface area contributed by atoms with Crippen LogP contribution in [0.5, 0.6) is 0 Å². The molecule has 0 atom stereocenters. The lowest BCUT2D eigenvalue weighted by Gasteiger charge is -2.30. The fourth-order valence-corrected chi connectivity index (χ4v) is 11.9. The van der Waals surface area contributed by atoms with Crippen LogP contribution in [0.2, 0.25) is 0 Å². The molecule has 1 aliphatic heterocycles. The van der Waals surface area contributed by atoms with E-state index in [-0.39, 0.29) is 58.3 Å². The Kier molecular flexibility index (Phi) is 34.6. The fraction of sp³-hybridized carbons (Fsp3) is 0.189. The van der Waals surface area contributed by atoms with E-state index >= 15 is 0 Å². The number of piperidine rings is 1. The van der Waals surface area contributed by atoms with Crippen LogP contribution in [0.15, 0.2) is 249 Å². The number of esters is 1. The second-order valence-corrected chi connectivity index (χ2v) is 27.9. The van der Waals surface area contributed by atoms with Crippen molar-refractivity contribution >= 4 is 157 Å². The molecule has 1 aliphatic rings. The van der Waals surface area contributed by atoms with Crippen LogP contribution in [0.3, 0.4) is 0 Å². The van der Waals surface area contributed by atoms with E-state index in [1.54, 1.807) is 99.3 Å². The van der Waals surface area contributed by atoms with Gasteiger partial charge in [0.25, 0.3) is 23.6 Å². The maximum atomic E-state index is 13.1. The molecule has 12 aromatic rings. The number of hydrogen-bond acceptors (Lipinski definition) is 25. The first-order valence-electron chi connectivity index (χ1n) is 40.4. The van der Waals surface area contributed by atoms with Crippen molar-refractivity contribution < 1.29 is 53.0 Å². The number of pyridine rings is 8. The second kappa shape index (κ2) is 47.5. The minimum absolute atomic E-state index is 0.179. The average molecular weight is 1740 g/mol. The number of hydrogen-bond donors (Lipinski definition) is 17. The summed E-state index contributed by atoms with van der Waals surface area (Å²) >= 11 is 0. The van der Waals surface area contributed by atoms with Gasteiger partial charge in [-0.05, 0) is 138 Å². The summed E-state index contributed by atoms with van der Waals surface area (Å²) < 4.78 is 6.13. The Morgan fingerprint density at radius 3 is 1.12 bits per heavy atom. The first kappa shape index (κ1) is 93.3. The third-order valence-electron chi connectivity index (χ3n) is 18.2. The first-order chi connectivity index (χ1) is 61.9. The molecule has 1 fully saturated rings. The summed E-state index contributed by atoms with van der Waals surface area (Å²) in [6, 6.07) is 53.1. The lowest BCUT2D eigenvalue weighted by atomic mass is 10.1. The number of carbonyl (C=O) groups is 9. The topological polar surface area (TPSA) is 494 Å². The molecule has 660 valence electrons. The molecule has 38 heteroatoms. The minimum atomic E-state index is -0.489. The summed E-state index contributed by atoms with van der Waals surface area (Å²) in [6.07, 6.45) is 14.6. The maximum absolute atomic E-state index is 13.1. The number of methoxy groups -OCH3 is 1. The highest BCUT2D eigenvalue weighted by molar-refractivity contribution is 6.12. The smallest absolute Gasteiger partial charge is 0.337 e. The number of ether oxygens (including phenoxy) is 1. The molecule has 0 unspecified atom stereocenters. The number of carbonyl (C=O) groups excluding carboxylic acids is 9. The highest BCUT2D eigenvalue weighted by Gasteiger charge is 2.23. The van der Waals surface area contributed by atoms with Crippen molar-refractivity contribution in [3.63, 3.8) is 0 Å². The summed E-state index contributed by atoms with van der Waals surface area (Å²) in [6.45, 7) is 10.6.